The molecule has 25 heavy (non-hydrogen) atoms. The molecule has 1 fully saturated rings. The van der Waals surface area contributed by atoms with Gasteiger partial charge >= 0.3 is 0 Å². The summed E-state index contributed by atoms with van der Waals surface area (Å²) in [5, 5.41) is 2.63. The number of carbonyl (C=O) groups excluding carboxylic acids is 2. The molecule has 1 heterocycles. The van der Waals surface area contributed by atoms with Gasteiger partial charge in [-0.3, -0.25) is 9.59 Å². The van der Waals surface area contributed by atoms with Gasteiger partial charge in [0.2, 0.25) is 11.8 Å². The lowest BCUT2D eigenvalue weighted by Crippen LogP contribution is -2.49. The maximum absolute atomic E-state index is 12.9. The SMILES string of the molecule is C[C@@H](N)C(=O)NCCC(=O)N1CCN(c2ccc(F)cc2)CC1.Cl.Cl. The molecule has 0 aromatic heterocycles. The Morgan fingerprint density at radius 3 is 2.24 bits per heavy atom. The molecule has 1 aromatic carbocycles. The number of hydrogen-bond donors (Lipinski definition) is 2. The molecule has 0 saturated carbocycles. The van der Waals surface area contributed by atoms with Gasteiger partial charge in [0.25, 0.3) is 0 Å². The largest absolute Gasteiger partial charge is 0.368 e. The van der Waals surface area contributed by atoms with E-state index in [0.717, 1.165) is 5.69 Å². The molecule has 0 radical (unpaired) electrons. The van der Waals surface area contributed by atoms with Gasteiger partial charge in [0.1, 0.15) is 5.82 Å². The zero-order valence-electron chi connectivity index (χ0n) is 14.1. The molecule has 2 amide bonds. The van der Waals surface area contributed by atoms with Crippen LogP contribution in [0.25, 0.3) is 0 Å². The van der Waals surface area contributed by atoms with Crippen molar-refractivity contribution in [2.24, 2.45) is 5.73 Å². The Bertz CT molecular complexity index is 550. The van der Waals surface area contributed by atoms with Crippen molar-refractivity contribution < 1.29 is 14.0 Å². The second-order valence-corrected chi connectivity index (χ2v) is 5.67. The maximum atomic E-state index is 12.9. The molecule has 0 unspecified atom stereocenters. The number of rotatable bonds is 5. The minimum Gasteiger partial charge on any atom is -0.368 e. The molecule has 1 aliphatic heterocycles. The fourth-order valence-corrected chi connectivity index (χ4v) is 2.48. The van der Waals surface area contributed by atoms with Crippen LogP contribution in [0.4, 0.5) is 10.1 Å². The highest BCUT2D eigenvalue weighted by atomic mass is 35.5. The minimum absolute atomic E-state index is 0. The third-order valence-electron chi connectivity index (χ3n) is 3.88. The lowest BCUT2D eigenvalue weighted by atomic mass is 10.2. The summed E-state index contributed by atoms with van der Waals surface area (Å²) in [5.41, 5.74) is 6.40. The molecule has 142 valence electrons. The first kappa shape index (κ1) is 23.4. The number of anilines is 1. The van der Waals surface area contributed by atoms with Crippen LogP contribution >= 0.6 is 24.8 Å². The highest BCUT2D eigenvalue weighted by Gasteiger charge is 2.21. The Morgan fingerprint density at radius 1 is 1.16 bits per heavy atom. The van der Waals surface area contributed by atoms with Gasteiger partial charge in [0.05, 0.1) is 6.04 Å². The summed E-state index contributed by atoms with van der Waals surface area (Å²) in [7, 11) is 0. The first-order valence-electron chi connectivity index (χ1n) is 7.79. The second-order valence-electron chi connectivity index (χ2n) is 5.67. The Hall–Kier alpha value is -1.57. The number of piperazine rings is 1. The Balaban J connectivity index is 0.00000288. The smallest absolute Gasteiger partial charge is 0.236 e. The van der Waals surface area contributed by atoms with Crippen molar-refractivity contribution in [3.05, 3.63) is 30.1 Å². The molecule has 1 aliphatic rings. The van der Waals surface area contributed by atoms with E-state index in [9.17, 15) is 14.0 Å². The summed E-state index contributed by atoms with van der Waals surface area (Å²) in [4.78, 5) is 27.4. The van der Waals surface area contributed by atoms with Crippen LogP contribution in [0.3, 0.4) is 0 Å². The van der Waals surface area contributed by atoms with E-state index in [-0.39, 0.29) is 48.9 Å². The average Bonchev–Trinajstić information content (AvgIpc) is 2.55. The summed E-state index contributed by atoms with van der Waals surface area (Å²) < 4.78 is 12.9. The van der Waals surface area contributed by atoms with Gasteiger partial charge < -0.3 is 20.9 Å². The quantitative estimate of drug-likeness (QED) is 0.785. The van der Waals surface area contributed by atoms with Crippen LogP contribution in [0.5, 0.6) is 0 Å². The molecule has 1 aromatic rings. The van der Waals surface area contributed by atoms with Crippen LogP contribution in [0.15, 0.2) is 24.3 Å². The molecule has 0 spiro atoms. The Labute approximate surface area is 159 Å². The van der Waals surface area contributed by atoms with E-state index in [1.54, 1.807) is 24.0 Å². The fraction of sp³-hybridized carbons (Fsp3) is 0.500. The number of hydrogen-bond acceptors (Lipinski definition) is 4. The van der Waals surface area contributed by atoms with Crippen LogP contribution in [0, 0.1) is 5.82 Å². The third kappa shape index (κ3) is 7.05. The van der Waals surface area contributed by atoms with Crippen molar-refractivity contribution in [3.63, 3.8) is 0 Å². The van der Waals surface area contributed by atoms with E-state index in [1.165, 1.54) is 12.1 Å². The molecular weight excluding hydrogens is 370 g/mol. The molecule has 9 heteroatoms. The molecular formula is C16H25Cl2FN4O2. The zero-order valence-corrected chi connectivity index (χ0v) is 15.7. The van der Waals surface area contributed by atoms with Crippen LogP contribution < -0.4 is 16.0 Å². The molecule has 0 aliphatic carbocycles. The zero-order chi connectivity index (χ0) is 16.8. The number of amides is 2. The minimum atomic E-state index is -0.565. The van der Waals surface area contributed by atoms with Crippen LogP contribution in [-0.2, 0) is 9.59 Å². The van der Waals surface area contributed by atoms with E-state index < -0.39 is 6.04 Å². The van der Waals surface area contributed by atoms with E-state index in [2.05, 4.69) is 10.2 Å². The third-order valence-corrected chi connectivity index (χ3v) is 3.88. The molecule has 1 atom stereocenters. The van der Waals surface area contributed by atoms with Crippen molar-refractivity contribution in [2.45, 2.75) is 19.4 Å². The predicted octanol–water partition coefficient (Wildman–Crippen LogP) is 1.17. The summed E-state index contributed by atoms with van der Waals surface area (Å²) >= 11 is 0. The van der Waals surface area contributed by atoms with Gasteiger partial charge in [0, 0.05) is 44.8 Å². The first-order chi connectivity index (χ1) is 11.0. The van der Waals surface area contributed by atoms with Gasteiger partial charge in [-0.1, -0.05) is 0 Å². The van der Waals surface area contributed by atoms with Crippen LogP contribution in [0.2, 0.25) is 0 Å². The van der Waals surface area contributed by atoms with Crippen LogP contribution in [-0.4, -0.2) is 55.5 Å². The molecule has 6 nitrogen and oxygen atoms in total. The highest BCUT2D eigenvalue weighted by molar-refractivity contribution is 5.85. The lowest BCUT2D eigenvalue weighted by molar-refractivity contribution is -0.131. The fourth-order valence-electron chi connectivity index (χ4n) is 2.48. The number of carbonyl (C=O) groups is 2. The summed E-state index contributed by atoms with van der Waals surface area (Å²) in [6.45, 7) is 4.57. The summed E-state index contributed by atoms with van der Waals surface area (Å²) in [6, 6.07) is 5.80. The van der Waals surface area contributed by atoms with Crippen LogP contribution in [0.1, 0.15) is 13.3 Å². The topological polar surface area (TPSA) is 78.7 Å². The van der Waals surface area contributed by atoms with E-state index in [4.69, 9.17) is 5.73 Å². The molecule has 3 N–H and O–H groups in total. The number of nitrogens with zero attached hydrogens (tertiary/aromatic N) is 2. The second kappa shape index (κ2) is 11.1. The number of benzene rings is 1. The van der Waals surface area contributed by atoms with Gasteiger partial charge in [-0.05, 0) is 31.2 Å². The van der Waals surface area contributed by atoms with Gasteiger partial charge in [-0.2, -0.15) is 0 Å². The molecule has 2 rings (SSSR count). The van der Waals surface area contributed by atoms with Gasteiger partial charge in [-0.25, -0.2) is 4.39 Å². The Morgan fingerprint density at radius 2 is 1.72 bits per heavy atom. The molecule has 0 bridgehead atoms. The van der Waals surface area contributed by atoms with Crippen molar-refractivity contribution in [2.75, 3.05) is 37.6 Å². The summed E-state index contributed by atoms with van der Waals surface area (Å²) in [6.07, 6.45) is 0.273. The number of nitrogens with two attached hydrogens (primary N) is 1. The van der Waals surface area contributed by atoms with Crippen molar-refractivity contribution in [3.8, 4) is 0 Å². The van der Waals surface area contributed by atoms with E-state index in [1.807, 2.05) is 0 Å². The first-order valence-corrected chi connectivity index (χ1v) is 7.79. The lowest BCUT2D eigenvalue weighted by Gasteiger charge is -2.36. The average molecular weight is 395 g/mol. The summed E-state index contributed by atoms with van der Waals surface area (Å²) in [5.74, 6) is -0.482. The van der Waals surface area contributed by atoms with Crippen molar-refractivity contribution >= 4 is 42.3 Å². The number of nitrogens with one attached hydrogen (secondary N) is 1. The highest BCUT2D eigenvalue weighted by Crippen LogP contribution is 2.17. The monoisotopic (exact) mass is 394 g/mol. The van der Waals surface area contributed by atoms with Gasteiger partial charge in [0.15, 0.2) is 0 Å². The van der Waals surface area contributed by atoms with Crippen molar-refractivity contribution in [1.29, 1.82) is 0 Å². The standard InChI is InChI=1S/C16H23FN4O2.2ClH/c1-12(18)16(23)19-7-6-15(22)21-10-8-20(9-11-21)14-4-2-13(17)3-5-14;;/h2-5,12H,6-11,18H2,1H3,(H,19,23);2*1H/t12-;;/m1../s1. The normalized spacial score (nSPS) is 14.8. The predicted molar refractivity (Wildman–Crippen MR) is 101 cm³/mol. The van der Waals surface area contributed by atoms with Gasteiger partial charge in [-0.15, -0.1) is 24.8 Å². The van der Waals surface area contributed by atoms with E-state index >= 15 is 0 Å². The maximum Gasteiger partial charge on any atom is 0.236 e. The number of halogens is 3. The van der Waals surface area contributed by atoms with Crippen molar-refractivity contribution in [1.82, 2.24) is 10.2 Å². The van der Waals surface area contributed by atoms with E-state index in [0.29, 0.717) is 32.7 Å². The Kier molecular flexibility index (Phi) is 10.4. The molecule has 1 saturated heterocycles.